The lowest BCUT2D eigenvalue weighted by Gasteiger charge is -2.29. The first-order valence-corrected chi connectivity index (χ1v) is 10.9. The average Bonchev–Trinajstić information content (AvgIpc) is 3.21. The molecule has 0 bridgehead atoms. The second-order valence-electron chi connectivity index (χ2n) is 8.15. The van der Waals surface area contributed by atoms with E-state index in [1.807, 2.05) is 50.2 Å². The minimum absolute atomic E-state index is 0.0927. The smallest absolute Gasteiger partial charge is 0.242 e. The van der Waals surface area contributed by atoms with Crippen LogP contribution in [-0.4, -0.2) is 36.1 Å². The number of nitrogens with one attached hydrogen (secondary N) is 1. The third kappa shape index (κ3) is 6.37. The molecule has 0 radical (unpaired) electrons. The largest absolute Gasteiger partial charge is 0.454 e. The lowest BCUT2D eigenvalue weighted by molar-refractivity contribution is -0.140. The molecule has 31 heavy (non-hydrogen) atoms. The van der Waals surface area contributed by atoms with Gasteiger partial charge in [0.1, 0.15) is 6.04 Å². The first-order valence-electron chi connectivity index (χ1n) is 10.5. The Morgan fingerprint density at radius 2 is 1.84 bits per heavy atom. The number of ether oxygens (including phenoxy) is 2. The summed E-state index contributed by atoms with van der Waals surface area (Å²) in [4.78, 5) is 27.5. The van der Waals surface area contributed by atoms with Gasteiger partial charge >= 0.3 is 0 Å². The number of carbonyl (C=O) groups is 2. The summed E-state index contributed by atoms with van der Waals surface area (Å²) in [7, 11) is 0. The second kappa shape index (κ2) is 10.5. The Balaban J connectivity index is 1.70. The molecule has 0 aliphatic carbocycles. The molecule has 0 saturated carbocycles. The van der Waals surface area contributed by atoms with Crippen molar-refractivity contribution in [1.29, 1.82) is 0 Å². The van der Waals surface area contributed by atoms with Crippen molar-refractivity contribution in [3.8, 4) is 11.5 Å². The van der Waals surface area contributed by atoms with Gasteiger partial charge in [-0.2, -0.15) is 0 Å². The van der Waals surface area contributed by atoms with Gasteiger partial charge < -0.3 is 19.7 Å². The number of fused-ring (bicyclic) bond motifs is 1. The van der Waals surface area contributed by atoms with Crippen LogP contribution in [0.1, 0.15) is 38.3 Å². The van der Waals surface area contributed by atoms with Gasteiger partial charge in [0, 0.05) is 24.5 Å². The maximum atomic E-state index is 13.2. The molecule has 166 valence electrons. The van der Waals surface area contributed by atoms with Crippen LogP contribution in [0.15, 0.2) is 42.5 Å². The first-order chi connectivity index (χ1) is 14.8. The lowest BCUT2D eigenvalue weighted by Crippen LogP contribution is -2.48. The first kappa shape index (κ1) is 22.9. The van der Waals surface area contributed by atoms with Gasteiger partial charge in [0.15, 0.2) is 11.5 Å². The molecule has 1 aliphatic heterocycles. The van der Waals surface area contributed by atoms with E-state index in [0.717, 1.165) is 11.1 Å². The van der Waals surface area contributed by atoms with Crippen molar-refractivity contribution in [2.45, 2.75) is 46.2 Å². The van der Waals surface area contributed by atoms with E-state index >= 15 is 0 Å². The SMILES string of the molecule is CC(C)CNC(=O)[C@@H](C)N(Cc1cccc(Cl)c1)C(=O)CCc1ccc2c(c1)OCO2. The van der Waals surface area contributed by atoms with Crippen LogP contribution >= 0.6 is 11.6 Å². The highest BCUT2D eigenvalue weighted by Gasteiger charge is 2.26. The number of benzene rings is 2. The zero-order chi connectivity index (χ0) is 22.4. The fraction of sp³-hybridized carbons (Fsp3) is 0.417. The Hall–Kier alpha value is -2.73. The van der Waals surface area contributed by atoms with Gasteiger partial charge in [-0.15, -0.1) is 0 Å². The van der Waals surface area contributed by atoms with Crippen LogP contribution in [0.25, 0.3) is 0 Å². The molecule has 2 aromatic carbocycles. The standard InChI is InChI=1S/C24H29ClN2O4/c1-16(2)13-26-24(29)17(3)27(14-19-5-4-6-20(25)11-19)23(28)10-8-18-7-9-21-22(12-18)31-15-30-21/h4-7,9,11-12,16-17H,8,10,13-15H2,1-3H3,(H,26,29)/t17-/m1/s1. The highest BCUT2D eigenvalue weighted by atomic mass is 35.5. The molecule has 3 rings (SSSR count). The Labute approximate surface area is 188 Å². The molecule has 1 heterocycles. The number of amides is 2. The van der Waals surface area contributed by atoms with E-state index in [2.05, 4.69) is 5.32 Å². The van der Waals surface area contributed by atoms with Gasteiger partial charge in [0.25, 0.3) is 0 Å². The van der Waals surface area contributed by atoms with Crippen molar-refractivity contribution in [2.75, 3.05) is 13.3 Å². The summed E-state index contributed by atoms with van der Waals surface area (Å²) in [5, 5.41) is 3.53. The van der Waals surface area contributed by atoms with E-state index < -0.39 is 6.04 Å². The summed E-state index contributed by atoms with van der Waals surface area (Å²) in [6.07, 6.45) is 0.823. The molecule has 1 N–H and O–H groups in total. The third-order valence-electron chi connectivity index (χ3n) is 5.16. The third-order valence-corrected chi connectivity index (χ3v) is 5.39. The average molecular weight is 445 g/mol. The van der Waals surface area contributed by atoms with Crippen LogP contribution in [0.3, 0.4) is 0 Å². The predicted octanol–water partition coefficient (Wildman–Crippen LogP) is 4.19. The van der Waals surface area contributed by atoms with Crippen molar-refractivity contribution >= 4 is 23.4 Å². The molecule has 6 nitrogen and oxygen atoms in total. The zero-order valence-corrected chi connectivity index (χ0v) is 18.9. The summed E-state index contributed by atoms with van der Waals surface area (Å²) in [6.45, 7) is 6.93. The molecule has 0 spiro atoms. The topological polar surface area (TPSA) is 67.9 Å². The monoisotopic (exact) mass is 444 g/mol. The maximum absolute atomic E-state index is 13.2. The molecule has 2 aromatic rings. The summed E-state index contributed by atoms with van der Waals surface area (Å²) < 4.78 is 10.8. The number of hydrogen-bond donors (Lipinski definition) is 1. The van der Waals surface area contributed by atoms with Crippen LogP contribution in [0.5, 0.6) is 11.5 Å². The Morgan fingerprint density at radius 3 is 2.58 bits per heavy atom. The molecular formula is C24H29ClN2O4. The van der Waals surface area contributed by atoms with E-state index in [1.165, 1.54) is 0 Å². The van der Waals surface area contributed by atoms with Crippen LogP contribution in [0.4, 0.5) is 0 Å². The predicted molar refractivity (Wildman–Crippen MR) is 120 cm³/mol. The highest BCUT2D eigenvalue weighted by molar-refractivity contribution is 6.30. The Bertz CT molecular complexity index is 932. The second-order valence-corrected chi connectivity index (χ2v) is 8.59. The van der Waals surface area contributed by atoms with Crippen molar-refractivity contribution in [1.82, 2.24) is 10.2 Å². The molecule has 2 amide bonds. The zero-order valence-electron chi connectivity index (χ0n) is 18.2. The van der Waals surface area contributed by atoms with Gasteiger partial charge in [-0.25, -0.2) is 0 Å². The van der Waals surface area contributed by atoms with Crippen LogP contribution in [0.2, 0.25) is 5.02 Å². The normalized spacial score (nSPS) is 13.2. The summed E-state index contributed by atoms with van der Waals surface area (Å²) in [5.74, 6) is 1.49. The minimum Gasteiger partial charge on any atom is -0.454 e. The molecule has 0 saturated heterocycles. The van der Waals surface area contributed by atoms with Crippen molar-refractivity contribution in [3.63, 3.8) is 0 Å². The van der Waals surface area contributed by atoms with Gasteiger partial charge in [-0.1, -0.05) is 43.6 Å². The fourth-order valence-electron chi connectivity index (χ4n) is 3.36. The summed E-state index contributed by atoms with van der Waals surface area (Å²) in [5.41, 5.74) is 1.87. The number of nitrogens with zero attached hydrogens (tertiary/aromatic N) is 1. The van der Waals surface area contributed by atoms with E-state index in [-0.39, 0.29) is 25.0 Å². The summed E-state index contributed by atoms with van der Waals surface area (Å²) in [6, 6.07) is 12.4. The quantitative estimate of drug-likeness (QED) is 0.629. The van der Waals surface area contributed by atoms with Gasteiger partial charge in [0.2, 0.25) is 18.6 Å². The number of hydrogen-bond acceptors (Lipinski definition) is 4. The van der Waals surface area contributed by atoms with E-state index in [4.69, 9.17) is 21.1 Å². The van der Waals surface area contributed by atoms with Crippen LogP contribution in [-0.2, 0) is 22.6 Å². The molecule has 0 aromatic heterocycles. The summed E-state index contributed by atoms with van der Waals surface area (Å²) >= 11 is 6.12. The molecule has 0 fully saturated rings. The molecule has 7 heteroatoms. The molecule has 1 aliphatic rings. The number of carbonyl (C=O) groups excluding carboxylic acids is 2. The van der Waals surface area contributed by atoms with E-state index in [1.54, 1.807) is 17.9 Å². The Morgan fingerprint density at radius 1 is 1.06 bits per heavy atom. The van der Waals surface area contributed by atoms with Crippen LogP contribution in [0, 0.1) is 5.92 Å². The molecular weight excluding hydrogens is 416 g/mol. The van der Waals surface area contributed by atoms with Crippen LogP contribution < -0.4 is 14.8 Å². The number of halogens is 1. The van der Waals surface area contributed by atoms with Gasteiger partial charge in [-0.05, 0) is 54.7 Å². The maximum Gasteiger partial charge on any atom is 0.242 e. The minimum atomic E-state index is -0.595. The molecule has 0 unspecified atom stereocenters. The van der Waals surface area contributed by atoms with Crippen molar-refractivity contribution in [3.05, 3.63) is 58.6 Å². The van der Waals surface area contributed by atoms with Gasteiger partial charge in [-0.3, -0.25) is 9.59 Å². The fourth-order valence-corrected chi connectivity index (χ4v) is 3.57. The lowest BCUT2D eigenvalue weighted by atomic mass is 10.1. The van der Waals surface area contributed by atoms with Crippen molar-refractivity contribution in [2.24, 2.45) is 5.92 Å². The highest BCUT2D eigenvalue weighted by Crippen LogP contribution is 2.32. The number of aryl methyl sites for hydroxylation is 1. The molecule has 1 atom stereocenters. The van der Waals surface area contributed by atoms with E-state index in [0.29, 0.717) is 41.9 Å². The van der Waals surface area contributed by atoms with E-state index in [9.17, 15) is 9.59 Å². The Kier molecular flexibility index (Phi) is 7.80. The van der Waals surface area contributed by atoms with Crippen molar-refractivity contribution < 1.29 is 19.1 Å². The number of rotatable bonds is 9. The van der Waals surface area contributed by atoms with Gasteiger partial charge in [0.05, 0.1) is 0 Å².